The van der Waals surface area contributed by atoms with Crippen LogP contribution in [0.3, 0.4) is 0 Å². The van der Waals surface area contributed by atoms with Gasteiger partial charge in [-0.2, -0.15) is 8.42 Å². The molecule has 0 bridgehead atoms. The zero-order valence-electron chi connectivity index (χ0n) is 22.4. The minimum absolute atomic E-state index is 0.0763. The van der Waals surface area contributed by atoms with E-state index in [9.17, 15) is 13.2 Å². The van der Waals surface area contributed by atoms with Crippen molar-refractivity contribution < 1.29 is 45.8 Å². The molecule has 0 atom stereocenters. The third-order valence-electron chi connectivity index (χ3n) is 5.63. The Morgan fingerprint density at radius 2 is 1.41 bits per heavy atom. The van der Waals surface area contributed by atoms with Gasteiger partial charge in [0.25, 0.3) is 10.1 Å². The summed E-state index contributed by atoms with van der Waals surface area (Å²) in [6.45, 7) is 6.71. The van der Waals surface area contributed by atoms with Gasteiger partial charge in [0.05, 0.1) is 71.0 Å². The molecular weight excluding hydrogens is 530 g/mol. The lowest BCUT2D eigenvalue weighted by molar-refractivity contribution is -0.149. The number of carbonyl (C=O) groups is 1. The van der Waals surface area contributed by atoms with Crippen molar-refractivity contribution in [2.24, 2.45) is 0 Å². The first-order chi connectivity index (χ1) is 18.8. The second kappa shape index (κ2) is 16.0. The normalized spacial score (nSPS) is 14.9. The van der Waals surface area contributed by atoms with Gasteiger partial charge in [0.2, 0.25) is 5.91 Å². The van der Waals surface area contributed by atoms with Crippen molar-refractivity contribution in [3.63, 3.8) is 0 Å². The highest BCUT2D eigenvalue weighted by atomic mass is 32.2. The molecule has 0 radical (unpaired) electrons. The molecule has 1 aliphatic heterocycles. The van der Waals surface area contributed by atoms with Crippen LogP contribution < -0.4 is 5.32 Å². The van der Waals surface area contributed by atoms with E-state index in [1.165, 1.54) is 12.1 Å². The largest absolute Gasteiger partial charge is 0.377 e. The molecule has 2 aromatic rings. The Bertz CT molecular complexity index is 1120. The van der Waals surface area contributed by atoms with Crippen molar-refractivity contribution in [2.45, 2.75) is 24.5 Å². The minimum atomic E-state index is -3.79. The Labute approximate surface area is 229 Å². The molecule has 0 unspecified atom stereocenters. The average molecular weight is 568 g/mol. The van der Waals surface area contributed by atoms with Crippen LogP contribution in [0.1, 0.15) is 18.1 Å². The molecule has 216 valence electrons. The zero-order valence-corrected chi connectivity index (χ0v) is 23.2. The number of hydrogen-bond acceptors (Lipinski definition) is 10. The Hall–Kier alpha value is -2.42. The van der Waals surface area contributed by atoms with Crippen LogP contribution in [0.5, 0.6) is 0 Å². The number of carbonyl (C=O) groups excluding carboxylic acids is 1. The molecule has 1 N–H and O–H groups in total. The highest BCUT2D eigenvalue weighted by Gasteiger charge is 2.33. The van der Waals surface area contributed by atoms with E-state index in [2.05, 4.69) is 5.32 Å². The van der Waals surface area contributed by atoms with Crippen LogP contribution in [0.15, 0.2) is 53.4 Å². The van der Waals surface area contributed by atoms with Gasteiger partial charge >= 0.3 is 0 Å². The topological polar surface area (TPSA) is 128 Å². The van der Waals surface area contributed by atoms with E-state index in [0.717, 1.165) is 11.1 Å². The van der Waals surface area contributed by atoms with Crippen molar-refractivity contribution in [1.29, 1.82) is 0 Å². The van der Waals surface area contributed by atoms with Crippen molar-refractivity contribution in [2.75, 3.05) is 78.0 Å². The molecule has 11 nitrogen and oxygen atoms in total. The number of hydrogen-bond donors (Lipinski definition) is 1. The van der Waals surface area contributed by atoms with Crippen molar-refractivity contribution >= 4 is 21.7 Å². The molecule has 1 aliphatic rings. The molecule has 0 aliphatic carbocycles. The first-order valence-electron chi connectivity index (χ1n) is 12.7. The third kappa shape index (κ3) is 10.9. The fourth-order valence-electron chi connectivity index (χ4n) is 3.56. The Kier molecular flexibility index (Phi) is 12.8. The first kappa shape index (κ1) is 31.1. The molecule has 1 heterocycles. The van der Waals surface area contributed by atoms with Gasteiger partial charge < -0.3 is 33.7 Å². The highest BCUT2D eigenvalue weighted by Crippen LogP contribution is 2.32. The summed E-state index contributed by atoms with van der Waals surface area (Å²) in [7, 11) is -3.79. The van der Waals surface area contributed by atoms with E-state index in [1.807, 2.05) is 32.0 Å². The molecule has 12 heteroatoms. The van der Waals surface area contributed by atoms with E-state index in [0.29, 0.717) is 51.9 Å². The zero-order chi connectivity index (χ0) is 28.0. The monoisotopic (exact) mass is 567 g/mol. The summed E-state index contributed by atoms with van der Waals surface area (Å²) in [5, 5.41) is 2.80. The van der Waals surface area contributed by atoms with Gasteiger partial charge in [0.1, 0.15) is 6.61 Å². The van der Waals surface area contributed by atoms with E-state index in [-0.39, 0.29) is 37.2 Å². The SMILES string of the molecule is Cc1ccc(S(=O)(=O)OCCOCCOCCOCCOCC(=O)Nc2cccc(C3(C)OCCO3)c2)cc1. The van der Waals surface area contributed by atoms with Crippen molar-refractivity contribution in [3.8, 4) is 0 Å². The third-order valence-corrected chi connectivity index (χ3v) is 6.96. The van der Waals surface area contributed by atoms with E-state index in [4.69, 9.17) is 32.6 Å². The number of benzene rings is 2. The summed E-state index contributed by atoms with van der Waals surface area (Å²) in [6, 6.07) is 13.8. The number of nitrogens with one attached hydrogen (secondary N) is 1. The van der Waals surface area contributed by atoms with Gasteiger partial charge in [-0.1, -0.05) is 29.8 Å². The van der Waals surface area contributed by atoms with Crippen LogP contribution >= 0.6 is 0 Å². The molecular formula is C27H37NO10S. The van der Waals surface area contributed by atoms with Gasteiger partial charge in [-0.25, -0.2) is 0 Å². The van der Waals surface area contributed by atoms with Crippen LogP contribution in [0.25, 0.3) is 0 Å². The van der Waals surface area contributed by atoms with Gasteiger partial charge in [-0.3, -0.25) is 8.98 Å². The molecule has 1 fully saturated rings. The molecule has 1 saturated heterocycles. The molecule has 3 rings (SSSR count). The minimum Gasteiger partial charge on any atom is -0.377 e. The number of rotatable bonds is 18. The van der Waals surface area contributed by atoms with E-state index >= 15 is 0 Å². The summed E-state index contributed by atoms with van der Waals surface area (Å²) < 4.78 is 61.9. The van der Waals surface area contributed by atoms with Crippen LogP contribution in [-0.4, -0.2) is 87.0 Å². The van der Waals surface area contributed by atoms with Crippen LogP contribution in [0.2, 0.25) is 0 Å². The van der Waals surface area contributed by atoms with Crippen LogP contribution in [-0.2, 0) is 53.3 Å². The second-order valence-electron chi connectivity index (χ2n) is 8.75. The number of aryl methyl sites for hydroxylation is 1. The Morgan fingerprint density at radius 3 is 2.03 bits per heavy atom. The summed E-state index contributed by atoms with van der Waals surface area (Å²) in [5.41, 5.74) is 2.44. The maximum Gasteiger partial charge on any atom is 0.297 e. The Morgan fingerprint density at radius 1 is 0.846 bits per heavy atom. The predicted molar refractivity (Wildman–Crippen MR) is 142 cm³/mol. The van der Waals surface area contributed by atoms with E-state index < -0.39 is 15.9 Å². The maximum atomic E-state index is 12.1. The highest BCUT2D eigenvalue weighted by molar-refractivity contribution is 7.86. The quantitative estimate of drug-likeness (QED) is 0.212. The second-order valence-corrected chi connectivity index (χ2v) is 10.4. The van der Waals surface area contributed by atoms with Crippen molar-refractivity contribution in [3.05, 3.63) is 59.7 Å². The standard InChI is InChI=1S/C27H37NO10S/c1-22-6-8-25(9-7-22)39(30,31)38-19-16-34-13-12-32-10-11-33-14-15-35-21-26(29)28-24-5-3-4-23(20-24)27(2)36-17-18-37-27/h3-9,20H,10-19,21H2,1-2H3,(H,28,29). The molecule has 1 amide bonds. The number of anilines is 1. The smallest absolute Gasteiger partial charge is 0.297 e. The number of amides is 1. The molecule has 0 saturated carbocycles. The molecule has 2 aromatic carbocycles. The predicted octanol–water partition coefficient (Wildman–Crippen LogP) is 2.62. The maximum absolute atomic E-state index is 12.1. The first-order valence-corrected chi connectivity index (χ1v) is 14.1. The molecule has 39 heavy (non-hydrogen) atoms. The van der Waals surface area contributed by atoms with Crippen LogP contribution in [0, 0.1) is 6.92 Å². The number of ether oxygens (including phenoxy) is 6. The lowest BCUT2D eigenvalue weighted by atomic mass is 10.1. The fourth-order valence-corrected chi connectivity index (χ4v) is 4.45. The van der Waals surface area contributed by atoms with Gasteiger partial charge in [-0.15, -0.1) is 0 Å². The van der Waals surface area contributed by atoms with Crippen molar-refractivity contribution in [1.82, 2.24) is 0 Å². The summed E-state index contributed by atoms with van der Waals surface area (Å²) in [5.74, 6) is -1.07. The van der Waals surface area contributed by atoms with Gasteiger partial charge in [0.15, 0.2) is 5.79 Å². The fraction of sp³-hybridized carbons (Fsp3) is 0.519. The van der Waals surface area contributed by atoms with Crippen LogP contribution in [0.4, 0.5) is 5.69 Å². The lowest BCUT2D eigenvalue weighted by Crippen LogP contribution is -2.23. The summed E-state index contributed by atoms with van der Waals surface area (Å²) in [4.78, 5) is 12.3. The van der Waals surface area contributed by atoms with Gasteiger partial charge in [0, 0.05) is 11.3 Å². The van der Waals surface area contributed by atoms with Gasteiger partial charge in [-0.05, 0) is 38.1 Å². The molecule has 0 aromatic heterocycles. The lowest BCUT2D eigenvalue weighted by Gasteiger charge is -2.23. The summed E-state index contributed by atoms with van der Waals surface area (Å²) in [6.07, 6.45) is 0. The van der Waals surface area contributed by atoms with E-state index in [1.54, 1.807) is 18.2 Å². The summed E-state index contributed by atoms with van der Waals surface area (Å²) >= 11 is 0. The molecule has 0 spiro atoms. The Balaban J connectivity index is 1.13. The average Bonchev–Trinajstić information content (AvgIpc) is 3.37.